The summed E-state index contributed by atoms with van der Waals surface area (Å²) in [6, 6.07) is 16.9. The van der Waals surface area contributed by atoms with Gasteiger partial charge in [-0.15, -0.1) is 28.1 Å². The van der Waals surface area contributed by atoms with Crippen molar-refractivity contribution >= 4 is 40.0 Å². The largest absolute Gasteiger partial charge is 0.342 e. The summed E-state index contributed by atoms with van der Waals surface area (Å²) in [5, 5.41) is 15.6. The number of thiazole rings is 1. The van der Waals surface area contributed by atoms with E-state index in [2.05, 4.69) is 32.4 Å². The molecular formula is C27H28N6O2S2. The van der Waals surface area contributed by atoms with Gasteiger partial charge in [0.15, 0.2) is 16.1 Å². The average molecular weight is 533 g/mol. The number of benzene rings is 2. The number of hydrogen-bond donors (Lipinski definition) is 2. The fraction of sp³-hybridized carbons (Fsp3) is 0.222. The zero-order chi connectivity index (χ0) is 26.4. The van der Waals surface area contributed by atoms with E-state index in [1.54, 1.807) is 12.1 Å². The Hall–Kier alpha value is -3.76. The van der Waals surface area contributed by atoms with Gasteiger partial charge in [-0.25, -0.2) is 4.98 Å². The van der Waals surface area contributed by atoms with Gasteiger partial charge in [-0.2, -0.15) is 0 Å². The number of anilines is 1. The van der Waals surface area contributed by atoms with Crippen LogP contribution in [0.4, 0.5) is 5.13 Å². The third-order valence-electron chi connectivity index (χ3n) is 5.60. The number of amides is 2. The molecule has 2 N–H and O–H groups in total. The number of hydrogen-bond acceptors (Lipinski definition) is 7. The molecule has 0 fully saturated rings. The van der Waals surface area contributed by atoms with Crippen LogP contribution in [0.3, 0.4) is 0 Å². The Morgan fingerprint density at radius 1 is 1.11 bits per heavy atom. The van der Waals surface area contributed by atoms with Gasteiger partial charge in [0, 0.05) is 22.5 Å². The molecule has 0 unspecified atom stereocenters. The fourth-order valence-corrected chi connectivity index (χ4v) is 5.40. The number of nitrogens with zero attached hydrogens (tertiary/aromatic N) is 4. The van der Waals surface area contributed by atoms with Crippen LogP contribution in [-0.2, 0) is 11.3 Å². The fourth-order valence-electron chi connectivity index (χ4n) is 3.79. The van der Waals surface area contributed by atoms with Crippen molar-refractivity contribution in [2.24, 2.45) is 0 Å². The molecule has 0 spiro atoms. The zero-order valence-corrected chi connectivity index (χ0v) is 22.5. The first kappa shape index (κ1) is 26.3. The maximum atomic E-state index is 12.8. The van der Waals surface area contributed by atoms with Gasteiger partial charge in [-0.05, 0) is 32.4 Å². The highest BCUT2D eigenvalue weighted by molar-refractivity contribution is 7.99. The SMILES string of the molecule is C=CCn1c(SCC(=O)Nc2nc(-c3ccccc3)c(C)s2)nnc1[C@H](C)NC(=O)c1ccccc1C. The van der Waals surface area contributed by atoms with Gasteiger partial charge in [0.25, 0.3) is 5.91 Å². The van der Waals surface area contributed by atoms with Gasteiger partial charge >= 0.3 is 0 Å². The minimum Gasteiger partial charge on any atom is -0.342 e. The van der Waals surface area contributed by atoms with Gasteiger partial charge in [-0.1, -0.05) is 66.4 Å². The Morgan fingerprint density at radius 3 is 2.57 bits per heavy atom. The second kappa shape index (κ2) is 12.0. The lowest BCUT2D eigenvalue weighted by atomic mass is 10.1. The summed E-state index contributed by atoms with van der Waals surface area (Å²) in [5.74, 6) is 0.362. The predicted molar refractivity (Wildman–Crippen MR) is 149 cm³/mol. The van der Waals surface area contributed by atoms with Gasteiger partial charge in [0.05, 0.1) is 17.5 Å². The molecular weight excluding hydrogens is 504 g/mol. The molecule has 0 aliphatic rings. The van der Waals surface area contributed by atoms with E-state index >= 15 is 0 Å². The van der Waals surface area contributed by atoms with Crippen molar-refractivity contribution in [2.45, 2.75) is 38.5 Å². The molecule has 0 radical (unpaired) electrons. The van der Waals surface area contributed by atoms with Crippen LogP contribution in [0, 0.1) is 13.8 Å². The number of thioether (sulfide) groups is 1. The molecule has 10 heteroatoms. The van der Waals surface area contributed by atoms with Crippen LogP contribution >= 0.6 is 23.1 Å². The number of aromatic nitrogens is 4. The zero-order valence-electron chi connectivity index (χ0n) is 20.9. The highest BCUT2D eigenvalue weighted by Crippen LogP contribution is 2.30. The molecule has 4 aromatic rings. The number of carbonyl (C=O) groups is 2. The molecule has 0 bridgehead atoms. The van der Waals surface area contributed by atoms with Crippen molar-refractivity contribution in [3.63, 3.8) is 0 Å². The number of allylic oxidation sites excluding steroid dienone is 1. The van der Waals surface area contributed by atoms with Crippen LogP contribution in [0.25, 0.3) is 11.3 Å². The molecule has 0 saturated heterocycles. The van der Waals surface area contributed by atoms with Crippen molar-refractivity contribution in [3.8, 4) is 11.3 Å². The van der Waals surface area contributed by atoms with E-state index in [0.717, 1.165) is 21.7 Å². The van der Waals surface area contributed by atoms with Crippen LogP contribution in [0.5, 0.6) is 0 Å². The molecule has 8 nitrogen and oxygen atoms in total. The number of nitrogens with one attached hydrogen (secondary N) is 2. The summed E-state index contributed by atoms with van der Waals surface area (Å²) < 4.78 is 1.86. The summed E-state index contributed by atoms with van der Waals surface area (Å²) >= 11 is 2.72. The first-order valence-electron chi connectivity index (χ1n) is 11.7. The minimum atomic E-state index is -0.391. The van der Waals surface area contributed by atoms with Crippen molar-refractivity contribution in [2.75, 3.05) is 11.1 Å². The van der Waals surface area contributed by atoms with E-state index in [9.17, 15) is 9.59 Å². The van der Waals surface area contributed by atoms with Crippen molar-refractivity contribution in [1.82, 2.24) is 25.1 Å². The highest BCUT2D eigenvalue weighted by atomic mass is 32.2. The molecule has 37 heavy (non-hydrogen) atoms. The molecule has 0 aliphatic carbocycles. The highest BCUT2D eigenvalue weighted by Gasteiger charge is 2.21. The summed E-state index contributed by atoms with van der Waals surface area (Å²) in [6.07, 6.45) is 1.73. The monoisotopic (exact) mass is 532 g/mol. The third-order valence-corrected chi connectivity index (χ3v) is 7.46. The Balaban J connectivity index is 1.40. The molecule has 0 aliphatic heterocycles. The Labute approximate surface area is 224 Å². The van der Waals surface area contributed by atoms with Crippen LogP contribution in [-0.4, -0.2) is 37.3 Å². The summed E-state index contributed by atoms with van der Waals surface area (Å²) in [6.45, 7) is 10.0. The number of aryl methyl sites for hydroxylation is 2. The van der Waals surface area contributed by atoms with E-state index in [-0.39, 0.29) is 17.6 Å². The molecule has 1 atom stereocenters. The van der Waals surface area contributed by atoms with Gasteiger partial charge in [0.2, 0.25) is 5.91 Å². The van der Waals surface area contributed by atoms with Crippen molar-refractivity contribution < 1.29 is 9.59 Å². The smallest absolute Gasteiger partial charge is 0.252 e. The maximum absolute atomic E-state index is 12.8. The lowest BCUT2D eigenvalue weighted by Gasteiger charge is -2.16. The van der Waals surface area contributed by atoms with Gasteiger partial charge in [0.1, 0.15) is 0 Å². The maximum Gasteiger partial charge on any atom is 0.252 e. The summed E-state index contributed by atoms with van der Waals surface area (Å²) in [4.78, 5) is 31.1. The first-order valence-corrected chi connectivity index (χ1v) is 13.5. The minimum absolute atomic E-state index is 0.137. The molecule has 2 heterocycles. The molecule has 2 aromatic heterocycles. The van der Waals surface area contributed by atoms with Gasteiger partial charge < -0.3 is 15.2 Å². The van der Waals surface area contributed by atoms with E-state index in [0.29, 0.717) is 28.2 Å². The summed E-state index contributed by atoms with van der Waals surface area (Å²) in [5.41, 5.74) is 3.39. The Kier molecular flexibility index (Phi) is 8.52. The van der Waals surface area contributed by atoms with Crippen molar-refractivity contribution in [3.05, 3.63) is 89.1 Å². The van der Waals surface area contributed by atoms with Crippen molar-refractivity contribution in [1.29, 1.82) is 0 Å². The second-order valence-corrected chi connectivity index (χ2v) is 10.5. The third kappa shape index (κ3) is 6.33. The lowest BCUT2D eigenvalue weighted by molar-refractivity contribution is -0.113. The second-order valence-electron chi connectivity index (χ2n) is 8.38. The van der Waals surface area contributed by atoms with Crippen LogP contribution in [0.2, 0.25) is 0 Å². The summed E-state index contributed by atoms with van der Waals surface area (Å²) in [7, 11) is 0. The molecule has 2 aromatic carbocycles. The average Bonchev–Trinajstić information content (AvgIpc) is 3.46. The lowest BCUT2D eigenvalue weighted by Crippen LogP contribution is -2.29. The normalized spacial score (nSPS) is 11.6. The molecule has 2 amide bonds. The molecule has 4 rings (SSSR count). The predicted octanol–water partition coefficient (Wildman–Crippen LogP) is 5.43. The molecule has 0 saturated carbocycles. The number of carbonyl (C=O) groups excluding carboxylic acids is 2. The van der Waals surface area contributed by atoms with Crippen LogP contribution in [0.1, 0.15) is 39.6 Å². The van der Waals surface area contributed by atoms with E-state index in [4.69, 9.17) is 0 Å². The topological polar surface area (TPSA) is 102 Å². The van der Waals surface area contributed by atoms with E-state index in [1.165, 1.54) is 23.1 Å². The van der Waals surface area contributed by atoms with E-state index in [1.807, 2.05) is 73.9 Å². The van der Waals surface area contributed by atoms with Crippen LogP contribution in [0.15, 0.2) is 72.4 Å². The Bertz CT molecular complexity index is 1410. The number of rotatable bonds is 10. The molecule has 190 valence electrons. The quantitative estimate of drug-likeness (QED) is 0.209. The Morgan fingerprint density at radius 2 is 1.84 bits per heavy atom. The standard InChI is InChI=1S/C27H28N6O2S2/c1-5-15-33-24(18(3)28-25(35)21-14-10-9-11-17(21)2)31-32-27(33)36-16-22(34)29-26-30-23(19(4)37-26)20-12-7-6-8-13-20/h5-14,18H,1,15-16H2,2-4H3,(H,28,35)(H,29,30,34)/t18-/m0/s1. The van der Waals surface area contributed by atoms with Gasteiger partial charge in [-0.3, -0.25) is 9.59 Å². The van der Waals surface area contributed by atoms with E-state index < -0.39 is 6.04 Å². The first-order chi connectivity index (χ1) is 17.9. The van der Waals surface area contributed by atoms with Crippen LogP contribution < -0.4 is 10.6 Å².